The molecular weight excluding hydrogens is 632 g/mol. The van der Waals surface area contributed by atoms with E-state index in [1.807, 2.05) is 6.92 Å². The lowest BCUT2D eigenvalue weighted by molar-refractivity contribution is -0.190. The molecule has 0 radical (unpaired) electrons. The van der Waals surface area contributed by atoms with Crippen molar-refractivity contribution in [3.63, 3.8) is 0 Å². The van der Waals surface area contributed by atoms with Gasteiger partial charge in [0.1, 0.15) is 17.2 Å². The van der Waals surface area contributed by atoms with Gasteiger partial charge in [0.15, 0.2) is 12.1 Å². The summed E-state index contributed by atoms with van der Waals surface area (Å²) >= 11 is 0. The predicted molar refractivity (Wildman–Crippen MR) is 178 cm³/mol. The van der Waals surface area contributed by atoms with Crippen molar-refractivity contribution >= 4 is 17.5 Å². The maximum Gasteiger partial charge on any atom is 0.223 e. The number of fused-ring (bicyclic) bond motifs is 3. The third kappa shape index (κ3) is 6.94. The van der Waals surface area contributed by atoms with Crippen molar-refractivity contribution in [2.24, 2.45) is 5.92 Å². The Morgan fingerprint density at radius 3 is 2.39 bits per heavy atom. The average Bonchev–Trinajstić information content (AvgIpc) is 3.13. The second-order valence-corrected chi connectivity index (χ2v) is 13.7. The summed E-state index contributed by atoms with van der Waals surface area (Å²) in [6.07, 6.45) is 6.65. The van der Waals surface area contributed by atoms with Gasteiger partial charge in [-0.3, -0.25) is 19.3 Å². The first kappa shape index (κ1) is 35.3. The van der Waals surface area contributed by atoms with Crippen LogP contribution in [0.5, 0.6) is 17.2 Å². The van der Waals surface area contributed by atoms with E-state index in [9.17, 15) is 29.7 Å². The number of amides is 1. The van der Waals surface area contributed by atoms with Gasteiger partial charge in [0, 0.05) is 61.5 Å². The second kappa shape index (κ2) is 15.1. The van der Waals surface area contributed by atoms with E-state index in [-0.39, 0.29) is 82.2 Å². The number of aliphatic hydroxyl groups excluding tert-OH is 1. The van der Waals surface area contributed by atoms with Gasteiger partial charge in [0.2, 0.25) is 11.7 Å². The van der Waals surface area contributed by atoms with E-state index in [1.54, 1.807) is 19.2 Å². The first-order valence-electron chi connectivity index (χ1n) is 17.5. The Bertz CT molecular complexity index is 1570. The van der Waals surface area contributed by atoms with E-state index < -0.39 is 17.7 Å². The summed E-state index contributed by atoms with van der Waals surface area (Å²) in [6.45, 7) is 4.89. The zero-order valence-corrected chi connectivity index (χ0v) is 28.5. The number of aromatic hydroxyl groups is 2. The number of phenolic OH excluding ortho intramolecular Hbond substituents is 2. The number of benzene rings is 2. The van der Waals surface area contributed by atoms with Crippen molar-refractivity contribution in [3.8, 4) is 17.2 Å². The second-order valence-electron chi connectivity index (χ2n) is 13.7. The number of hydrogen-bond donors (Lipinski definition) is 4. The van der Waals surface area contributed by atoms with Crippen LogP contribution in [0.1, 0.15) is 94.8 Å². The minimum absolute atomic E-state index is 0.0540. The Kier molecular flexibility index (Phi) is 10.9. The summed E-state index contributed by atoms with van der Waals surface area (Å²) in [7, 11) is 3.06. The number of carbonyl (C=O) groups is 3. The van der Waals surface area contributed by atoms with Crippen molar-refractivity contribution in [2.45, 2.75) is 95.3 Å². The molecule has 2 saturated heterocycles. The maximum absolute atomic E-state index is 13.3. The third-order valence-corrected chi connectivity index (χ3v) is 10.8. The molecule has 1 saturated carbocycles. The van der Waals surface area contributed by atoms with Gasteiger partial charge in [-0.1, -0.05) is 31.4 Å². The zero-order valence-electron chi connectivity index (χ0n) is 28.5. The predicted octanol–water partition coefficient (Wildman–Crippen LogP) is 3.27. The first-order chi connectivity index (χ1) is 23.6. The van der Waals surface area contributed by atoms with Gasteiger partial charge in [-0.15, -0.1) is 0 Å². The lowest BCUT2D eigenvalue weighted by Crippen LogP contribution is -2.57. The number of carbonyl (C=O) groups excluding carboxylic acids is 3. The SMILES string of the molecule is COC1CN(C2CCOC(C)C2O)CCO1.COc1cccc2c1C(=O)c1c(O)c3c(c(O)c1C2=O)CC(C(=O)NC1CCCCC1)CC3. The lowest BCUT2D eigenvalue weighted by Gasteiger charge is -2.43. The minimum Gasteiger partial charge on any atom is -0.507 e. The number of ketones is 2. The average molecular weight is 681 g/mol. The molecule has 7 rings (SSSR count). The van der Waals surface area contributed by atoms with Gasteiger partial charge in [-0.2, -0.15) is 0 Å². The van der Waals surface area contributed by atoms with Crippen LogP contribution >= 0.6 is 0 Å². The highest BCUT2D eigenvalue weighted by Gasteiger charge is 2.41. The lowest BCUT2D eigenvalue weighted by atomic mass is 9.75. The largest absolute Gasteiger partial charge is 0.507 e. The molecule has 4 N–H and O–H groups in total. The molecule has 5 unspecified atom stereocenters. The first-order valence-corrected chi connectivity index (χ1v) is 17.5. The number of rotatable bonds is 5. The smallest absolute Gasteiger partial charge is 0.223 e. The standard InChI is InChI=1S/C26H27NO6.C11H21NO4/c1-33-18-9-5-8-16-19(18)25(31)21-20(23(16)29)24(30)17-12-13(10-11-15(17)22(21)28)26(32)27-14-6-3-2-4-7-14;1-8-11(13)9(3-5-15-8)12-4-6-16-10(7-12)14-2/h5,8-9,13-14,28,30H,2-4,6-7,10-12H2,1H3,(H,27,32);8-11,13H,3-7H2,1-2H3. The highest BCUT2D eigenvalue weighted by molar-refractivity contribution is 6.31. The Labute approximate surface area is 286 Å². The van der Waals surface area contributed by atoms with E-state index in [0.29, 0.717) is 30.6 Å². The molecule has 5 atom stereocenters. The van der Waals surface area contributed by atoms with E-state index in [0.717, 1.165) is 51.8 Å². The van der Waals surface area contributed by atoms with E-state index in [4.69, 9.17) is 18.9 Å². The fraction of sp³-hybridized carbons (Fsp3) is 0.595. The van der Waals surface area contributed by atoms with Crippen molar-refractivity contribution in [2.75, 3.05) is 40.5 Å². The van der Waals surface area contributed by atoms with Gasteiger partial charge in [0.05, 0.1) is 42.6 Å². The topological polar surface area (TPSA) is 164 Å². The molecule has 2 heterocycles. The van der Waals surface area contributed by atoms with Gasteiger partial charge >= 0.3 is 0 Å². The van der Waals surface area contributed by atoms with Crippen LogP contribution in [0.25, 0.3) is 0 Å². The highest BCUT2D eigenvalue weighted by atomic mass is 16.7. The molecule has 12 heteroatoms. The fourth-order valence-electron chi connectivity index (χ4n) is 8.03. The Morgan fingerprint density at radius 2 is 1.65 bits per heavy atom. The van der Waals surface area contributed by atoms with E-state index >= 15 is 0 Å². The molecule has 0 aromatic heterocycles. The quantitative estimate of drug-likeness (QED) is 0.293. The van der Waals surface area contributed by atoms with Crippen LogP contribution < -0.4 is 10.1 Å². The van der Waals surface area contributed by atoms with Gasteiger partial charge in [0.25, 0.3) is 0 Å². The number of nitrogens with zero attached hydrogens (tertiary/aromatic N) is 1. The summed E-state index contributed by atoms with van der Waals surface area (Å²) in [5, 5.41) is 35.4. The maximum atomic E-state index is 13.3. The number of morpholine rings is 1. The minimum atomic E-state index is -0.551. The van der Waals surface area contributed by atoms with Crippen LogP contribution in [-0.2, 0) is 31.8 Å². The normalized spacial score (nSPS) is 27.2. The summed E-state index contributed by atoms with van der Waals surface area (Å²) in [4.78, 5) is 41.8. The monoisotopic (exact) mass is 680 g/mol. The van der Waals surface area contributed by atoms with Crippen molar-refractivity contribution in [1.82, 2.24) is 10.2 Å². The number of phenols is 2. The summed E-state index contributed by atoms with van der Waals surface area (Å²) in [5.74, 6) is -1.84. The molecule has 2 aliphatic heterocycles. The van der Waals surface area contributed by atoms with Crippen molar-refractivity contribution in [1.29, 1.82) is 0 Å². The summed E-state index contributed by atoms with van der Waals surface area (Å²) in [5.41, 5.74) is 0.668. The molecule has 3 aliphatic carbocycles. The van der Waals surface area contributed by atoms with Crippen LogP contribution in [0.15, 0.2) is 18.2 Å². The number of nitrogens with one attached hydrogen (secondary N) is 1. The van der Waals surface area contributed by atoms with E-state index in [1.165, 1.54) is 19.6 Å². The molecule has 12 nitrogen and oxygen atoms in total. The van der Waals surface area contributed by atoms with Crippen LogP contribution in [0.3, 0.4) is 0 Å². The summed E-state index contributed by atoms with van der Waals surface area (Å²) in [6, 6.07) is 5.06. The number of ether oxygens (including phenoxy) is 4. The summed E-state index contributed by atoms with van der Waals surface area (Å²) < 4.78 is 21.3. The van der Waals surface area contributed by atoms with E-state index in [2.05, 4.69) is 10.2 Å². The molecular formula is C37H48N2O10. The molecule has 5 aliphatic rings. The fourth-order valence-corrected chi connectivity index (χ4v) is 8.03. The van der Waals surface area contributed by atoms with Gasteiger partial charge in [-0.25, -0.2) is 0 Å². The molecule has 2 aromatic rings. The number of methoxy groups -OCH3 is 2. The van der Waals surface area contributed by atoms with Crippen LogP contribution in [-0.4, -0.2) is 109 Å². The Hall–Kier alpha value is -3.55. The van der Waals surface area contributed by atoms with Crippen molar-refractivity contribution < 1.29 is 48.7 Å². The highest BCUT2D eigenvalue weighted by Crippen LogP contribution is 2.47. The van der Waals surface area contributed by atoms with Crippen LogP contribution in [0.4, 0.5) is 0 Å². The molecule has 266 valence electrons. The van der Waals surface area contributed by atoms with Gasteiger partial charge in [-0.05, 0) is 51.5 Å². The third-order valence-electron chi connectivity index (χ3n) is 10.8. The molecule has 0 spiro atoms. The van der Waals surface area contributed by atoms with Crippen molar-refractivity contribution in [3.05, 3.63) is 51.6 Å². The molecule has 1 amide bonds. The molecule has 2 aromatic carbocycles. The number of aliphatic hydroxyl groups is 1. The van der Waals surface area contributed by atoms with Crippen LogP contribution in [0.2, 0.25) is 0 Å². The molecule has 49 heavy (non-hydrogen) atoms. The Morgan fingerprint density at radius 1 is 0.918 bits per heavy atom. The van der Waals surface area contributed by atoms with Crippen LogP contribution in [0, 0.1) is 5.92 Å². The molecule has 3 fully saturated rings. The number of hydrogen-bond acceptors (Lipinski definition) is 11. The molecule has 0 bridgehead atoms. The van der Waals surface area contributed by atoms with Gasteiger partial charge < -0.3 is 39.6 Å². The Balaban J connectivity index is 0.000000218. The zero-order chi connectivity index (χ0) is 34.8.